The van der Waals surface area contributed by atoms with Gasteiger partial charge in [-0.25, -0.2) is 0 Å². The van der Waals surface area contributed by atoms with Gasteiger partial charge in [-0.2, -0.15) is 0 Å². The Kier molecular flexibility index (Phi) is 4.10. The molecule has 0 bridgehead atoms. The Bertz CT molecular complexity index is 1150. The van der Waals surface area contributed by atoms with E-state index >= 15 is 0 Å². The van der Waals surface area contributed by atoms with E-state index in [1.165, 1.54) is 16.5 Å². The number of hydrogen-bond donors (Lipinski definition) is 1. The van der Waals surface area contributed by atoms with Crippen molar-refractivity contribution in [3.8, 4) is 5.69 Å². The third-order valence-corrected chi connectivity index (χ3v) is 5.84. The zero-order valence-electron chi connectivity index (χ0n) is 15.5. The van der Waals surface area contributed by atoms with Crippen LogP contribution in [0.4, 0.5) is 0 Å². The van der Waals surface area contributed by atoms with Crippen LogP contribution in [0, 0.1) is 0 Å². The fourth-order valence-corrected chi connectivity index (χ4v) is 4.27. The number of aromatic nitrogens is 2. The first-order valence-corrected chi connectivity index (χ1v) is 9.74. The van der Waals surface area contributed by atoms with Crippen molar-refractivity contribution < 1.29 is 0 Å². The number of hydrogen-bond acceptors (Lipinski definition) is 2. The molecule has 5 rings (SSSR count). The molecule has 0 amide bonds. The van der Waals surface area contributed by atoms with Crippen LogP contribution in [-0.4, -0.2) is 26.6 Å². The number of pyridine rings is 1. The van der Waals surface area contributed by atoms with Crippen molar-refractivity contribution in [2.45, 2.75) is 12.1 Å². The summed E-state index contributed by atoms with van der Waals surface area (Å²) in [6.45, 7) is 0. The van der Waals surface area contributed by atoms with Gasteiger partial charge < -0.3 is 14.8 Å². The Balaban J connectivity index is 1.61. The van der Waals surface area contributed by atoms with E-state index in [0.29, 0.717) is 0 Å². The van der Waals surface area contributed by atoms with Gasteiger partial charge in [0.2, 0.25) is 0 Å². The number of nitrogens with zero attached hydrogens (tertiary/aromatic N) is 3. The van der Waals surface area contributed by atoms with Gasteiger partial charge in [0.15, 0.2) is 5.11 Å². The summed E-state index contributed by atoms with van der Waals surface area (Å²) in [7, 11) is 2.04. The summed E-state index contributed by atoms with van der Waals surface area (Å²) in [6.07, 6.45) is 3.95. The van der Waals surface area contributed by atoms with E-state index in [2.05, 4.69) is 86.6 Å². The lowest BCUT2D eigenvalue weighted by Crippen LogP contribution is -2.25. The van der Waals surface area contributed by atoms with E-state index in [1.54, 1.807) is 0 Å². The highest BCUT2D eigenvalue weighted by Crippen LogP contribution is 2.38. The Labute approximate surface area is 169 Å². The van der Waals surface area contributed by atoms with Crippen LogP contribution in [0.5, 0.6) is 0 Å². The first-order valence-electron chi connectivity index (χ1n) is 9.33. The summed E-state index contributed by atoms with van der Waals surface area (Å²) >= 11 is 5.57. The number of benzene rings is 2. The molecule has 0 unspecified atom stereocenters. The molecule has 0 spiro atoms. The number of thiocarbonyl (C=S) groups is 1. The highest BCUT2D eigenvalue weighted by molar-refractivity contribution is 7.80. The Morgan fingerprint density at radius 3 is 2.57 bits per heavy atom. The van der Waals surface area contributed by atoms with Gasteiger partial charge in [-0.05, 0) is 59.4 Å². The minimum absolute atomic E-state index is 0.00723. The quantitative estimate of drug-likeness (QED) is 0.522. The fraction of sp³-hybridized carbons (Fsp3) is 0.130. The predicted molar refractivity (Wildman–Crippen MR) is 116 cm³/mol. The van der Waals surface area contributed by atoms with E-state index in [0.717, 1.165) is 16.5 Å². The van der Waals surface area contributed by atoms with E-state index in [9.17, 15) is 0 Å². The molecule has 4 aromatic rings. The minimum atomic E-state index is 0.00723. The van der Waals surface area contributed by atoms with Crippen molar-refractivity contribution >= 4 is 28.1 Å². The summed E-state index contributed by atoms with van der Waals surface area (Å²) in [5.74, 6) is 0. The lowest BCUT2D eigenvalue weighted by atomic mass is 10.0. The third-order valence-electron chi connectivity index (χ3n) is 5.43. The van der Waals surface area contributed by atoms with Crippen LogP contribution in [0.15, 0.2) is 85.2 Å². The van der Waals surface area contributed by atoms with Crippen LogP contribution in [0.3, 0.4) is 0 Å². The molecule has 1 N–H and O–H groups in total. The first-order chi connectivity index (χ1) is 13.7. The zero-order chi connectivity index (χ0) is 19.1. The molecule has 0 radical (unpaired) electrons. The van der Waals surface area contributed by atoms with E-state index < -0.39 is 0 Å². The Morgan fingerprint density at radius 2 is 1.75 bits per heavy atom. The number of fused-ring (bicyclic) bond motifs is 1. The van der Waals surface area contributed by atoms with Gasteiger partial charge >= 0.3 is 0 Å². The van der Waals surface area contributed by atoms with Crippen LogP contribution >= 0.6 is 12.2 Å². The minimum Gasteiger partial charge on any atom is -0.352 e. The van der Waals surface area contributed by atoms with E-state index in [-0.39, 0.29) is 12.1 Å². The molecule has 5 heteroatoms. The second kappa shape index (κ2) is 6.77. The predicted octanol–water partition coefficient (Wildman–Crippen LogP) is 4.63. The van der Waals surface area contributed by atoms with Gasteiger partial charge in [-0.1, -0.05) is 36.4 Å². The van der Waals surface area contributed by atoms with Crippen molar-refractivity contribution in [1.82, 2.24) is 19.8 Å². The largest absolute Gasteiger partial charge is 0.352 e. The van der Waals surface area contributed by atoms with Gasteiger partial charge in [0.25, 0.3) is 0 Å². The lowest BCUT2D eigenvalue weighted by molar-refractivity contribution is 0.357. The number of rotatable bonds is 3. The molecule has 2 aromatic heterocycles. The van der Waals surface area contributed by atoms with E-state index in [4.69, 9.17) is 12.2 Å². The highest BCUT2D eigenvalue weighted by atomic mass is 32.1. The Morgan fingerprint density at radius 1 is 0.929 bits per heavy atom. The molecule has 1 aliphatic heterocycles. The van der Waals surface area contributed by atoms with Crippen molar-refractivity contribution in [3.63, 3.8) is 0 Å². The van der Waals surface area contributed by atoms with Crippen LogP contribution in [0.1, 0.15) is 23.5 Å². The maximum atomic E-state index is 5.57. The number of likely N-dealkylation sites (N-methyl/N-ethyl adjacent to an activating group) is 1. The summed E-state index contributed by atoms with van der Waals surface area (Å²) < 4.78 is 2.25. The van der Waals surface area contributed by atoms with Crippen molar-refractivity contribution in [2.75, 3.05) is 7.05 Å². The highest BCUT2D eigenvalue weighted by Gasteiger charge is 2.39. The molecule has 1 aliphatic rings. The van der Waals surface area contributed by atoms with E-state index in [1.807, 2.05) is 25.4 Å². The second-order valence-corrected chi connectivity index (χ2v) is 7.46. The van der Waals surface area contributed by atoms with Gasteiger partial charge in [-0.3, -0.25) is 4.98 Å². The summed E-state index contributed by atoms with van der Waals surface area (Å²) in [6, 6.07) is 25.3. The van der Waals surface area contributed by atoms with Crippen molar-refractivity contribution in [3.05, 3.63) is 96.6 Å². The average molecular weight is 385 g/mol. The van der Waals surface area contributed by atoms with Crippen LogP contribution < -0.4 is 5.32 Å². The second-order valence-electron chi connectivity index (χ2n) is 7.07. The molecule has 1 saturated heterocycles. The first kappa shape index (κ1) is 17.0. The molecule has 138 valence electrons. The van der Waals surface area contributed by atoms with Gasteiger partial charge in [0, 0.05) is 30.8 Å². The van der Waals surface area contributed by atoms with Crippen molar-refractivity contribution in [1.29, 1.82) is 0 Å². The molecule has 4 nitrogen and oxygen atoms in total. The normalized spacial score (nSPS) is 19.2. The Hall–Kier alpha value is -3.18. The van der Waals surface area contributed by atoms with Crippen LogP contribution in [0.25, 0.3) is 16.5 Å². The lowest BCUT2D eigenvalue weighted by Gasteiger charge is -2.26. The molecule has 0 aliphatic carbocycles. The molecule has 28 heavy (non-hydrogen) atoms. The molecule has 2 atom stereocenters. The smallest absolute Gasteiger partial charge is 0.169 e. The average Bonchev–Trinajstić information content (AvgIpc) is 3.33. The number of nitrogens with one attached hydrogen (secondary N) is 1. The zero-order valence-corrected chi connectivity index (χ0v) is 16.3. The molecule has 3 heterocycles. The molecular formula is C23H20N4S. The fourth-order valence-electron chi connectivity index (χ4n) is 4.03. The summed E-state index contributed by atoms with van der Waals surface area (Å²) in [5, 5.41) is 6.66. The van der Waals surface area contributed by atoms with Crippen LogP contribution in [-0.2, 0) is 0 Å². The van der Waals surface area contributed by atoms with Gasteiger partial charge in [0.05, 0.1) is 17.8 Å². The topological polar surface area (TPSA) is 33.1 Å². The van der Waals surface area contributed by atoms with Gasteiger partial charge in [0.1, 0.15) is 0 Å². The molecular weight excluding hydrogens is 364 g/mol. The molecule has 2 aromatic carbocycles. The van der Waals surface area contributed by atoms with Crippen molar-refractivity contribution in [2.24, 2.45) is 0 Å². The maximum absolute atomic E-state index is 5.57. The van der Waals surface area contributed by atoms with Crippen LogP contribution in [0.2, 0.25) is 0 Å². The monoisotopic (exact) mass is 384 g/mol. The molecule has 1 fully saturated rings. The van der Waals surface area contributed by atoms with Gasteiger partial charge in [-0.15, -0.1) is 0 Å². The third kappa shape index (κ3) is 2.75. The molecule has 0 saturated carbocycles. The maximum Gasteiger partial charge on any atom is 0.169 e. The summed E-state index contributed by atoms with van der Waals surface area (Å²) in [4.78, 5) is 6.70. The summed E-state index contributed by atoms with van der Waals surface area (Å²) in [5.41, 5.74) is 3.32. The standard InChI is InChI=1S/C23H20N4S/c1-26-22(21(25-23(26)28)19-9-4-5-13-24-19)20-10-6-14-27(20)18-12-11-16-7-2-3-8-17(16)15-18/h2-15,21-22H,1H3,(H,25,28)/t21-,22-/m0/s1. The SMILES string of the molecule is CN1C(=S)N[C@@H](c2ccccn2)[C@@H]1c1cccn1-c1ccc2ccccc2c1.